The number of aliphatic hydroxyl groups is 1. The second-order valence-electron chi connectivity index (χ2n) is 7.49. The number of aromatic nitrogens is 3. The van der Waals surface area contributed by atoms with Gasteiger partial charge in [0.25, 0.3) is 5.91 Å². The van der Waals surface area contributed by atoms with Crippen LogP contribution in [0.15, 0.2) is 67.1 Å². The molecule has 0 bridgehead atoms. The second kappa shape index (κ2) is 11.5. The fraction of sp³-hybridized carbons (Fsp3) is 0.200. The number of nitrogens with one attached hydrogen (secondary N) is 2. The molecule has 9 nitrogen and oxygen atoms in total. The van der Waals surface area contributed by atoms with E-state index in [0.717, 1.165) is 5.69 Å². The zero-order chi connectivity index (χ0) is 24.6. The van der Waals surface area contributed by atoms with Crippen molar-refractivity contribution in [1.82, 2.24) is 20.3 Å². The molecule has 1 amide bonds. The van der Waals surface area contributed by atoms with E-state index < -0.39 is 6.10 Å². The average Bonchev–Trinajstić information content (AvgIpc) is 2.88. The molecule has 1 atom stereocenters. The van der Waals surface area contributed by atoms with Gasteiger partial charge in [-0.1, -0.05) is 23.7 Å². The number of halogens is 1. The van der Waals surface area contributed by atoms with Gasteiger partial charge in [0.05, 0.1) is 21.6 Å². The van der Waals surface area contributed by atoms with E-state index in [2.05, 4.69) is 25.6 Å². The number of fused-ring (bicyclic) bond motifs is 1. The largest absolute Gasteiger partial charge is 0.486 e. The molecule has 0 aliphatic carbocycles. The van der Waals surface area contributed by atoms with Gasteiger partial charge in [-0.25, -0.2) is 9.97 Å². The predicted octanol–water partition coefficient (Wildman–Crippen LogP) is 3.88. The van der Waals surface area contributed by atoms with E-state index in [1.165, 1.54) is 13.4 Å². The predicted molar refractivity (Wildman–Crippen MR) is 133 cm³/mol. The van der Waals surface area contributed by atoms with E-state index in [1.54, 1.807) is 30.5 Å². The van der Waals surface area contributed by atoms with Crippen LogP contribution in [0.4, 0.5) is 11.5 Å². The van der Waals surface area contributed by atoms with Crippen molar-refractivity contribution in [3.63, 3.8) is 0 Å². The molecule has 4 rings (SSSR count). The fourth-order valence-electron chi connectivity index (χ4n) is 3.41. The molecule has 2 heterocycles. The zero-order valence-electron chi connectivity index (χ0n) is 18.9. The van der Waals surface area contributed by atoms with Crippen molar-refractivity contribution in [1.29, 1.82) is 0 Å². The third-order valence-corrected chi connectivity index (χ3v) is 5.42. The number of aliphatic hydroxyl groups excluding tert-OH is 1. The highest BCUT2D eigenvalue weighted by Gasteiger charge is 2.21. The number of hydrogen-bond donors (Lipinski definition) is 3. The molecule has 2 aromatic heterocycles. The Morgan fingerprint density at radius 2 is 1.97 bits per heavy atom. The summed E-state index contributed by atoms with van der Waals surface area (Å²) in [4.78, 5) is 25.1. The third kappa shape index (κ3) is 5.95. The zero-order valence-corrected chi connectivity index (χ0v) is 19.7. The molecule has 0 fully saturated rings. The first-order chi connectivity index (χ1) is 17.1. The van der Waals surface area contributed by atoms with Gasteiger partial charge in [-0.15, -0.1) is 0 Å². The lowest BCUT2D eigenvalue weighted by Gasteiger charge is -2.19. The number of pyridine rings is 1. The maximum Gasteiger partial charge on any atom is 0.260 e. The van der Waals surface area contributed by atoms with Crippen molar-refractivity contribution >= 4 is 39.9 Å². The van der Waals surface area contributed by atoms with E-state index in [-0.39, 0.29) is 18.9 Å². The van der Waals surface area contributed by atoms with Crippen molar-refractivity contribution in [3.8, 4) is 11.5 Å². The monoisotopic (exact) mass is 493 g/mol. The standard InChI is InChI=1S/C25H24ClN5O4/c1-27-25(33)22(10-12-32)35-21-7-4-6-19-23(21)24(30-15-29-19)31-16-8-9-20(18(26)13-16)34-14-17-5-2-3-11-28-17/h2-9,11,13,15,22,32H,10,12,14H2,1H3,(H,27,33)(H,29,30,31)/t22-/m1/s1. The molecule has 35 heavy (non-hydrogen) atoms. The summed E-state index contributed by atoms with van der Waals surface area (Å²) in [5.41, 5.74) is 2.09. The number of hydrogen-bond acceptors (Lipinski definition) is 8. The Kier molecular flexibility index (Phi) is 7.92. The Hall–Kier alpha value is -3.95. The highest BCUT2D eigenvalue weighted by atomic mass is 35.5. The van der Waals surface area contributed by atoms with Crippen LogP contribution in [0.25, 0.3) is 10.9 Å². The molecule has 0 aliphatic rings. The SMILES string of the molecule is CNC(=O)[C@@H](CCO)Oc1cccc2ncnc(Nc3ccc(OCc4ccccn4)c(Cl)c3)c12. The lowest BCUT2D eigenvalue weighted by atomic mass is 10.2. The van der Waals surface area contributed by atoms with Gasteiger partial charge < -0.3 is 25.2 Å². The van der Waals surface area contributed by atoms with Crippen LogP contribution in [-0.2, 0) is 11.4 Å². The summed E-state index contributed by atoms with van der Waals surface area (Å²) in [6.45, 7) is 0.0998. The molecule has 0 radical (unpaired) electrons. The molecule has 0 unspecified atom stereocenters. The number of amides is 1. The first-order valence-corrected chi connectivity index (χ1v) is 11.3. The fourth-order valence-corrected chi connectivity index (χ4v) is 3.65. The van der Waals surface area contributed by atoms with Gasteiger partial charge in [0.2, 0.25) is 0 Å². The van der Waals surface area contributed by atoms with Gasteiger partial charge in [-0.2, -0.15) is 0 Å². The van der Waals surface area contributed by atoms with Crippen LogP contribution in [0, 0.1) is 0 Å². The molecular weight excluding hydrogens is 470 g/mol. The van der Waals surface area contributed by atoms with Gasteiger partial charge in [0, 0.05) is 32.0 Å². The smallest absolute Gasteiger partial charge is 0.260 e. The minimum atomic E-state index is -0.867. The Morgan fingerprint density at radius 3 is 2.71 bits per heavy atom. The summed E-state index contributed by atoms with van der Waals surface area (Å²) in [7, 11) is 1.52. The van der Waals surface area contributed by atoms with E-state index in [9.17, 15) is 9.90 Å². The molecule has 10 heteroatoms. The Balaban J connectivity index is 1.58. The number of rotatable bonds is 10. The third-order valence-electron chi connectivity index (χ3n) is 5.12. The van der Waals surface area contributed by atoms with Crippen LogP contribution in [0.2, 0.25) is 5.02 Å². The summed E-state index contributed by atoms with van der Waals surface area (Å²) in [6.07, 6.45) is 2.42. The van der Waals surface area contributed by atoms with E-state index in [0.29, 0.717) is 45.5 Å². The minimum absolute atomic E-state index is 0.141. The van der Waals surface area contributed by atoms with E-state index in [1.807, 2.05) is 30.3 Å². The molecule has 0 saturated carbocycles. The maximum absolute atomic E-state index is 12.2. The number of carbonyl (C=O) groups excluding carboxylic acids is 1. The first kappa shape index (κ1) is 24.2. The summed E-state index contributed by atoms with van der Waals surface area (Å²) < 4.78 is 11.8. The number of anilines is 2. The van der Waals surface area contributed by atoms with Crippen LogP contribution in [0.5, 0.6) is 11.5 Å². The lowest BCUT2D eigenvalue weighted by molar-refractivity contribution is -0.128. The summed E-state index contributed by atoms with van der Waals surface area (Å²) in [5, 5.41) is 16.2. The van der Waals surface area contributed by atoms with Crippen molar-refractivity contribution in [2.45, 2.75) is 19.1 Å². The van der Waals surface area contributed by atoms with E-state index in [4.69, 9.17) is 21.1 Å². The number of ether oxygens (including phenoxy) is 2. The summed E-state index contributed by atoms with van der Waals surface area (Å²) in [5.74, 6) is 1.07. The molecule has 3 N–H and O–H groups in total. The number of likely N-dealkylation sites (N-methyl/N-ethyl adjacent to an activating group) is 1. The average molecular weight is 494 g/mol. The quantitative estimate of drug-likeness (QED) is 0.304. The van der Waals surface area contributed by atoms with Gasteiger partial charge in [-0.3, -0.25) is 9.78 Å². The highest BCUT2D eigenvalue weighted by Crippen LogP contribution is 2.34. The van der Waals surface area contributed by atoms with Crippen LogP contribution < -0.4 is 20.1 Å². The molecule has 0 aliphatic heterocycles. The van der Waals surface area contributed by atoms with Crippen molar-refractivity contribution < 1.29 is 19.4 Å². The Labute approximate surface area is 207 Å². The lowest BCUT2D eigenvalue weighted by Crippen LogP contribution is -2.37. The molecular formula is C25H24ClN5O4. The molecule has 2 aromatic carbocycles. The van der Waals surface area contributed by atoms with Crippen LogP contribution in [0.3, 0.4) is 0 Å². The van der Waals surface area contributed by atoms with Gasteiger partial charge >= 0.3 is 0 Å². The van der Waals surface area contributed by atoms with Crippen molar-refractivity contribution in [2.24, 2.45) is 0 Å². The Bertz CT molecular complexity index is 1300. The number of carbonyl (C=O) groups is 1. The number of benzene rings is 2. The van der Waals surface area contributed by atoms with E-state index >= 15 is 0 Å². The maximum atomic E-state index is 12.2. The molecule has 0 saturated heterocycles. The first-order valence-electron chi connectivity index (χ1n) is 10.9. The second-order valence-corrected chi connectivity index (χ2v) is 7.89. The molecule has 0 spiro atoms. The van der Waals surface area contributed by atoms with Gasteiger partial charge in [-0.05, 0) is 42.5 Å². The molecule has 4 aromatic rings. The van der Waals surface area contributed by atoms with Crippen molar-refractivity contribution in [2.75, 3.05) is 19.0 Å². The number of nitrogens with zero attached hydrogens (tertiary/aromatic N) is 3. The van der Waals surface area contributed by atoms with Gasteiger partial charge in [0.15, 0.2) is 6.10 Å². The normalized spacial score (nSPS) is 11.6. The van der Waals surface area contributed by atoms with Crippen molar-refractivity contribution in [3.05, 3.63) is 77.8 Å². The molecule has 180 valence electrons. The van der Waals surface area contributed by atoms with Crippen LogP contribution in [0.1, 0.15) is 12.1 Å². The summed E-state index contributed by atoms with van der Waals surface area (Å²) >= 11 is 6.45. The highest BCUT2D eigenvalue weighted by molar-refractivity contribution is 6.32. The minimum Gasteiger partial charge on any atom is -0.486 e. The van der Waals surface area contributed by atoms with Gasteiger partial charge in [0.1, 0.15) is 30.3 Å². The Morgan fingerprint density at radius 1 is 1.09 bits per heavy atom. The summed E-state index contributed by atoms with van der Waals surface area (Å²) in [6, 6.07) is 16.2. The van der Waals surface area contributed by atoms with Crippen LogP contribution >= 0.6 is 11.6 Å². The topological polar surface area (TPSA) is 118 Å². The van der Waals surface area contributed by atoms with Crippen LogP contribution in [-0.4, -0.2) is 45.7 Å².